The maximum Gasteiger partial charge on any atom is 0.241 e. The van der Waals surface area contributed by atoms with Gasteiger partial charge in [0.25, 0.3) is 0 Å². The van der Waals surface area contributed by atoms with Crippen LogP contribution >= 0.6 is 11.6 Å². The van der Waals surface area contributed by atoms with Crippen LogP contribution in [-0.2, 0) is 10.0 Å². The molecule has 0 spiro atoms. The maximum absolute atomic E-state index is 12.4. The molecule has 1 aliphatic rings. The number of halogens is 1. The van der Waals surface area contributed by atoms with Gasteiger partial charge in [0.2, 0.25) is 10.0 Å². The quantitative estimate of drug-likeness (QED) is 0.869. The van der Waals surface area contributed by atoms with Crippen molar-refractivity contribution in [2.24, 2.45) is 5.92 Å². The van der Waals surface area contributed by atoms with Gasteiger partial charge in [-0.2, -0.15) is 0 Å². The lowest BCUT2D eigenvalue weighted by Gasteiger charge is -2.19. The number of alkyl halides is 1. The SMILES string of the molecule is Cc1ccc(S(=O)(=O)NC2CCCC2CCl)c(C)c1. The number of hydrogen-bond donors (Lipinski definition) is 1. The predicted octanol–water partition coefficient (Wildman–Crippen LogP) is 2.99. The van der Waals surface area contributed by atoms with Crippen molar-refractivity contribution in [2.45, 2.75) is 44.0 Å². The van der Waals surface area contributed by atoms with Gasteiger partial charge in [-0.15, -0.1) is 11.6 Å². The lowest BCUT2D eigenvalue weighted by molar-refractivity contribution is 0.480. The van der Waals surface area contributed by atoms with Crippen molar-refractivity contribution < 1.29 is 8.42 Å². The van der Waals surface area contributed by atoms with Crippen LogP contribution in [0.4, 0.5) is 0 Å². The molecule has 1 aliphatic carbocycles. The minimum atomic E-state index is -3.44. The molecule has 5 heteroatoms. The molecule has 0 heterocycles. The van der Waals surface area contributed by atoms with Crippen LogP contribution in [0, 0.1) is 19.8 Å². The van der Waals surface area contributed by atoms with Gasteiger partial charge >= 0.3 is 0 Å². The maximum atomic E-state index is 12.4. The number of aryl methyl sites for hydroxylation is 2. The van der Waals surface area contributed by atoms with E-state index in [-0.39, 0.29) is 12.0 Å². The summed E-state index contributed by atoms with van der Waals surface area (Å²) in [5.74, 6) is 0.766. The Bertz CT molecular complexity index is 557. The van der Waals surface area contributed by atoms with Crippen molar-refractivity contribution in [2.75, 3.05) is 5.88 Å². The summed E-state index contributed by atoms with van der Waals surface area (Å²) in [7, 11) is -3.44. The summed E-state index contributed by atoms with van der Waals surface area (Å²) in [5, 5.41) is 0. The normalized spacial score (nSPS) is 23.7. The largest absolute Gasteiger partial charge is 0.241 e. The molecule has 1 fully saturated rings. The fraction of sp³-hybridized carbons (Fsp3) is 0.571. The topological polar surface area (TPSA) is 46.2 Å². The highest BCUT2D eigenvalue weighted by molar-refractivity contribution is 7.89. The van der Waals surface area contributed by atoms with E-state index in [9.17, 15) is 8.42 Å². The number of benzene rings is 1. The zero-order valence-corrected chi connectivity index (χ0v) is 12.9. The molecule has 2 unspecified atom stereocenters. The Hall–Kier alpha value is -0.580. The molecule has 0 saturated heterocycles. The van der Waals surface area contributed by atoms with E-state index < -0.39 is 10.0 Å². The first-order valence-corrected chi connectivity index (χ1v) is 8.61. The summed E-state index contributed by atoms with van der Waals surface area (Å²) >= 11 is 5.89. The minimum Gasteiger partial charge on any atom is -0.208 e. The molecule has 0 radical (unpaired) electrons. The molecule has 0 aromatic heterocycles. The summed E-state index contributed by atoms with van der Waals surface area (Å²) in [6.45, 7) is 3.78. The number of nitrogens with one attached hydrogen (secondary N) is 1. The van der Waals surface area contributed by atoms with E-state index in [1.54, 1.807) is 6.07 Å². The molecule has 1 aromatic carbocycles. The van der Waals surface area contributed by atoms with Crippen molar-refractivity contribution in [3.05, 3.63) is 29.3 Å². The van der Waals surface area contributed by atoms with E-state index in [2.05, 4.69) is 4.72 Å². The van der Waals surface area contributed by atoms with Gasteiger partial charge in [-0.3, -0.25) is 0 Å². The van der Waals surface area contributed by atoms with Gasteiger partial charge in [0.15, 0.2) is 0 Å². The molecule has 0 bridgehead atoms. The molecule has 0 amide bonds. The zero-order valence-electron chi connectivity index (χ0n) is 11.3. The molecular formula is C14H20ClNO2S. The molecule has 1 saturated carbocycles. The Kier molecular flexibility index (Phi) is 4.54. The predicted molar refractivity (Wildman–Crippen MR) is 78.1 cm³/mol. The Morgan fingerprint density at radius 2 is 2.05 bits per heavy atom. The van der Waals surface area contributed by atoms with Gasteiger partial charge in [0, 0.05) is 11.9 Å². The number of rotatable bonds is 4. The first-order chi connectivity index (χ1) is 8.94. The molecule has 19 heavy (non-hydrogen) atoms. The zero-order chi connectivity index (χ0) is 14.0. The molecule has 0 aliphatic heterocycles. The Labute approximate surface area is 120 Å². The van der Waals surface area contributed by atoms with Crippen molar-refractivity contribution >= 4 is 21.6 Å². The van der Waals surface area contributed by atoms with Crippen LogP contribution in [0.1, 0.15) is 30.4 Å². The van der Waals surface area contributed by atoms with Crippen molar-refractivity contribution in [1.82, 2.24) is 4.72 Å². The van der Waals surface area contributed by atoms with Gasteiger partial charge in [-0.05, 0) is 44.2 Å². The third-order valence-electron chi connectivity index (χ3n) is 3.78. The van der Waals surface area contributed by atoms with E-state index in [4.69, 9.17) is 11.6 Å². The van der Waals surface area contributed by atoms with Gasteiger partial charge < -0.3 is 0 Å². The van der Waals surface area contributed by atoms with Crippen molar-refractivity contribution in [3.63, 3.8) is 0 Å². The second-order valence-corrected chi connectivity index (χ2v) is 7.33. The highest BCUT2D eigenvalue weighted by Gasteiger charge is 2.31. The minimum absolute atomic E-state index is 0.0248. The first-order valence-electron chi connectivity index (χ1n) is 6.59. The highest BCUT2D eigenvalue weighted by Crippen LogP contribution is 2.28. The van der Waals surface area contributed by atoms with E-state index in [0.717, 1.165) is 30.4 Å². The first kappa shape index (κ1) is 14.8. The average Bonchev–Trinajstić information content (AvgIpc) is 2.74. The molecule has 1 aromatic rings. The molecule has 106 valence electrons. The van der Waals surface area contributed by atoms with Crippen molar-refractivity contribution in [3.8, 4) is 0 Å². The number of hydrogen-bond acceptors (Lipinski definition) is 2. The van der Waals surface area contributed by atoms with Crippen LogP contribution in [0.25, 0.3) is 0 Å². The molecular weight excluding hydrogens is 282 g/mol. The molecule has 2 atom stereocenters. The van der Waals surface area contributed by atoms with Gasteiger partial charge in [-0.25, -0.2) is 13.1 Å². The van der Waals surface area contributed by atoms with Crippen LogP contribution in [0.2, 0.25) is 0 Å². The van der Waals surface area contributed by atoms with E-state index >= 15 is 0 Å². The summed E-state index contributed by atoms with van der Waals surface area (Å²) in [6, 6.07) is 5.37. The summed E-state index contributed by atoms with van der Waals surface area (Å²) in [6.07, 6.45) is 2.92. The fourth-order valence-corrected chi connectivity index (χ4v) is 4.68. The fourth-order valence-electron chi connectivity index (χ4n) is 2.74. The van der Waals surface area contributed by atoms with Crippen LogP contribution in [0.15, 0.2) is 23.1 Å². The molecule has 1 N–H and O–H groups in total. The molecule has 2 rings (SSSR count). The standard InChI is InChI=1S/C14H20ClNO2S/c1-10-6-7-14(11(2)8-10)19(17,18)16-13-5-3-4-12(13)9-15/h6-8,12-13,16H,3-5,9H2,1-2H3. The average molecular weight is 302 g/mol. The smallest absolute Gasteiger partial charge is 0.208 e. The summed E-state index contributed by atoms with van der Waals surface area (Å²) < 4.78 is 27.7. The van der Waals surface area contributed by atoms with Gasteiger partial charge in [0.05, 0.1) is 4.90 Å². The monoisotopic (exact) mass is 301 g/mol. The van der Waals surface area contributed by atoms with Crippen LogP contribution in [0.3, 0.4) is 0 Å². The van der Waals surface area contributed by atoms with E-state index in [1.165, 1.54) is 0 Å². The second-order valence-electron chi connectivity index (χ2n) is 5.34. The summed E-state index contributed by atoms with van der Waals surface area (Å²) in [5.41, 5.74) is 1.85. The molecule has 3 nitrogen and oxygen atoms in total. The van der Waals surface area contributed by atoms with Crippen molar-refractivity contribution in [1.29, 1.82) is 0 Å². The number of sulfonamides is 1. The third-order valence-corrected chi connectivity index (χ3v) is 5.83. The van der Waals surface area contributed by atoms with E-state index in [0.29, 0.717) is 10.8 Å². The second kappa shape index (κ2) is 5.81. The Balaban J connectivity index is 2.23. The summed E-state index contributed by atoms with van der Waals surface area (Å²) in [4.78, 5) is 0.373. The Morgan fingerprint density at radius 1 is 1.32 bits per heavy atom. The van der Waals surface area contributed by atoms with Gasteiger partial charge in [0.1, 0.15) is 0 Å². The van der Waals surface area contributed by atoms with Gasteiger partial charge in [-0.1, -0.05) is 24.1 Å². The van der Waals surface area contributed by atoms with Crippen LogP contribution in [-0.4, -0.2) is 20.3 Å². The van der Waals surface area contributed by atoms with Crippen LogP contribution in [0.5, 0.6) is 0 Å². The Morgan fingerprint density at radius 3 is 2.68 bits per heavy atom. The lowest BCUT2D eigenvalue weighted by Crippen LogP contribution is -2.38. The van der Waals surface area contributed by atoms with Crippen LogP contribution < -0.4 is 4.72 Å². The van der Waals surface area contributed by atoms with E-state index in [1.807, 2.05) is 26.0 Å². The third kappa shape index (κ3) is 3.30. The highest BCUT2D eigenvalue weighted by atomic mass is 35.5. The lowest BCUT2D eigenvalue weighted by atomic mass is 10.1.